The first-order valence-corrected chi connectivity index (χ1v) is 10.5. The molecule has 0 amide bonds. The van der Waals surface area contributed by atoms with Crippen molar-refractivity contribution in [2.24, 2.45) is 11.8 Å². The molecule has 0 radical (unpaired) electrons. The highest BCUT2D eigenvalue weighted by atomic mass is 19.1. The number of nitrogens with two attached hydrogens (primary N) is 1. The number of nitriles is 1. The molecule has 0 saturated carbocycles. The number of ether oxygens (including phenoxy) is 2. The molecule has 7 nitrogen and oxygen atoms in total. The van der Waals surface area contributed by atoms with Crippen LogP contribution in [0, 0.1) is 35.9 Å². The summed E-state index contributed by atoms with van der Waals surface area (Å²) < 4.78 is 32.1. The summed E-state index contributed by atoms with van der Waals surface area (Å²) in [6.07, 6.45) is 0. The smallest absolute Gasteiger partial charge is 0.174 e. The summed E-state index contributed by atoms with van der Waals surface area (Å²) in [6, 6.07) is 11.1. The molecule has 5 rings (SSSR count). The lowest BCUT2D eigenvalue weighted by atomic mass is 9.97. The summed E-state index contributed by atoms with van der Waals surface area (Å²) in [5.41, 5.74) is 7.70. The minimum absolute atomic E-state index is 0.0666. The zero-order chi connectivity index (χ0) is 22.4. The number of benzene rings is 1. The fourth-order valence-electron chi connectivity index (χ4n) is 4.63. The zero-order valence-electron chi connectivity index (χ0n) is 17.9. The molecule has 8 heteroatoms. The Hall–Kier alpha value is -3.57. The van der Waals surface area contributed by atoms with E-state index in [-0.39, 0.29) is 22.6 Å². The Morgan fingerprint density at radius 3 is 2.59 bits per heavy atom. The molecular weight excluding hydrogens is 411 g/mol. The van der Waals surface area contributed by atoms with E-state index in [9.17, 15) is 5.26 Å². The molecule has 2 saturated heterocycles. The first-order valence-electron chi connectivity index (χ1n) is 10.5. The van der Waals surface area contributed by atoms with Crippen LogP contribution in [0.3, 0.4) is 0 Å². The van der Waals surface area contributed by atoms with Gasteiger partial charge in [-0.3, -0.25) is 0 Å². The van der Waals surface area contributed by atoms with Crippen LogP contribution in [0.25, 0.3) is 22.6 Å². The topological polar surface area (TPSA) is 97.5 Å². The molecule has 164 valence electrons. The predicted molar refractivity (Wildman–Crippen MR) is 118 cm³/mol. The van der Waals surface area contributed by atoms with Crippen LogP contribution in [0.15, 0.2) is 34.7 Å². The molecule has 2 N–H and O–H groups in total. The molecule has 2 atom stereocenters. The number of pyridine rings is 1. The van der Waals surface area contributed by atoms with Gasteiger partial charge >= 0.3 is 0 Å². The number of hydrogen-bond donors (Lipinski definition) is 1. The van der Waals surface area contributed by atoms with Gasteiger partial charge in [-0.1, -0.05) is 0 Å². The minimum Gasteiger partial charge on any atom is -0.497 e. The first-order chi connectivity index (χ1) is 15.5. The van der Waals surface area contributed by atoms with E-state index in [1.54, 1.807) is 32.2 Å². The third-order valence-corrected chi connectivity index (χ3v) is 6.27. The third-order valence-electron chi connectivity index (χ3n) is 6.27. The number of aryl methyl sites for hydroxylation is 1. The van der Waals surface area contributed by atoms with E-state index in [4.69, 9.17) is 19.6 Å². The van der Waals surface area contributed by atoms with Crippen molar-refractivity contribution in [2.45, 2.75) is 6.92 Å². The van der Waals surface area contributed by atoms with Gasteiger partial charge in [-0.05, 0) is 36.8 Å². The van der Waals surface area contributed by atoms with Crippen LogP contribution in [0.4, 0.5) is 15.9 Å². The number of hydrogen-bond acceptors (Lipinski definition) is 7. The van der Waals surface area contributed by atoms with Crippen molar-refractivity contribution in [3.05, 3.63) is 47.5 Å². The Morgan fingerprint density at radius 2 is 1.97 bits per heavy atom. The van der Waals surface area contributed by atoms with Gasteiger partial charge in [0.1, 0.15) is 23.3 Å². The zero-order valence-corrected chi connectivity index (χ0v) is 17.9. The summed E-state index contributed by atoms with van der Waals surface area (Å²) >= 11 is 0. The van der Waals surface area contributed by atoms with Crippen molar-refractivity contribution in [1.82, 2.24) is 4.98 Å². The van der Waals surface area contributed by atoms with Crippen molar-refractivity contribution >= 4 is 11.5 Å². The first kappa shape index (κ1) is 20.3. The lowest BCUT2D eigenvalue weighted by Crippen LogP contribution is -2.22. The minimum atomic E-state index is -0.737. The van der Waals surface area contributed by atoms with E-state index in [0.29, 0.717) is 34.7 Å². The molecule has 2 aliphatic rings. The van der Waals surface area contributed by atoms with Gasteiger partial charge in [-0.15, -0.1) is 0 Å². The van der Waals surface area contributed by atoms with Crippen LogP contribution in [-0.4, -0.2) is 38.4 Å². The average Bonchev–Trinajstić information content (AvgIpc) is 3.51. The normalized spacial score (nSPS) is 19.8. The van der Waals surface area contributed by atoms with E-state index >= 15 is 4.39 Å². The average molecular weight is 434 g/mol. The lowest BCUT2D eigenvalue weighted by molar-refractivity contribution is 0.177. The maximum absolute atomic E-state index is 15.3. The summed E-state index contributed by atoms with van der Waals surface area (Å²) in [6.45, 7) is 5.03. The molecule has 3 aromatic rings. The largest absolute Gasteiger partial charge is 0.497 e. The second-order valence-electron chi connectivity index (χ2n) is 8.31. The number of furan rings is 1. The van der Waals surface area contributed by atoms with Gasteiger partial charge in [-0.25, -0.2) is 9.37 Å². The lowest BCUT2D eigenvalue weighted by Gasteiger charge is -2.22. The molecule has 4 heterocycles. The summed E-state index contributed by atoms with van der Waals surface area (Å²) in [5.74, 6) is 1.53. The summed E-state index contributed by atoms with van der Waals surface area (Å²) in [7, 11) is 1.56. The van der Waals surface area contributed by atoms with Crippen LogP contribution >= 0.6 is 0 Å². The molecule has 0 aliphatic carbocycles. The summed E-state index contributed by atoms with van der Waals surface area (Å²) in [5, 5.41) is 9.97. The van der Waals surface area contributed by atoms with Crippen molar-refractivity contribution in [3.63, 3.8) is 0 Å². The maximum Gasteiger partial charge on any atom is 0.174 e. The number of halogens is 1. The van der Waals surface area contributed by atoms with Gasteiger partial charge in [0, 0.05) is 42.2 Å². The molecule has 2 aromatic heterocycles. The van der Waals surface area contributed by atoms with Gasteiger partial charge in [0.05, 0.1) is 25.9 Å². The second kappa shape index (κ2) is 7.84. The SMILES string of the molecule is COc1cc(-c2c(F)c(N)nc(-c3ccc(C)o3)c2C#N)cc(N2CC3COCC3C2)c1. The van der Waals surface area contributed by atoms with Crippen molar-refractivity contribution in [1.29, 1.82) is 5.26 Å². The van der Waals surface area contributed by atoms with E-state index in [2.05, 4.69) is 16.0 Å². The third kappa shape index (κ3) is 3.35. The van der Waals surface area contributed by atoms with Crippen LogP contribution < -0.4 is 15.4 Å². The highest BCUT2D eigenvalue weighted by Crippen LogP contribution is 2.40. The molecule has 2 fully saturated rings. The standard InChI is InChI=1S/C24H23FN4O3/c1-13-3-4-20(32-13)23-19(8-26)21(22(25)24(27)28-23)14-5-17(7-18(6-14)30-2)29-9-15-11-31-12-16(15)10-29/h3-7,15-16H,9-12H2,1-2H3,(H2,27,28). The Bertz CT molecular complexity index is 1220. The van der Waals surface area contributed by atoms with E-state index in [1.165, 1.54) is 0 Å². The number of rotatable bonds is 4. The predicted octanol–water partition coefficient (Wildman–Crippen LogP) is 4.00. The number of methoxy groups -OCH3 is 1. The fourth-order valence-corrected chi connectivity index (χ4v) is 4.63. The second-order valence-corrected chi connectivity index (χ2v) is 8.31. The van der Waals surface area contributed by atoms with Gasteiger partial charge in [0.25, 0.3) is 0 Å². The molecule has 2 unspecified atom stereocenters. The summed E-state index contributed by atoms with van der Waals surface area (Å²) in [4.78, 5) is 6.38. The highest BCUT2D eigenvalue weighted by molar-refractivity contribution is 5.83. The number of aromatic nitrogens is 1. The number of anilines is 2. The van der Waals surface area contributed by atoms with Crippen molar-refractivity contribution in [3.8, 4) is 34.4 Å². The Kier molecular flexibility index (Phi) is 4.98. The van der Waals surface area contributed by atoms with E-state index in [0.717, 1.165) is 32.0 Å². The van der Waals surface area contributed by atoms with Crippen molar-refractivity contribution in [2.75, 3.05) is 44.0 Å². The van der Waals surface area contributed by atoms with Gasteiger partial charge < -0.3 is 24.5 Å². The number of nitrogens with zero attached hydrogens (tertiary/aromatic N) is 3. The molecule has 0 spiro atoms. The van der Waals surface area contributed by atoms with Crippen LogP contribution in [0.1, 0.15) is 11.3 Å². The molecule has 32 heavy (non-hydrogen) atoms. The molecule has 1 aromatic carbocycles. The van der Waals surface area contributed by atoms with Crippen LogP contribution in [0.2, 0.25) is 0 Å². The van der Waals surface area contributed by atoms with Crippen molar-refractivity contribution < 1.29 is 18.3 Å². The Balaban J connectivity index is 1.66. The quantitative estimate of drug-likeness (QED) is 0.663. The molecule has 2 aliphatic heterocycles. The van der Waals surface area contributed by atoms with Gasteiger partial charge in [0.2, 0.25) is 0 Å². The number of nitrogen functional groups attached to an aromatic ring is 1. The van der Waals surface area contributed by atoms with E-state index in [1.807, 2.05) is 12.1 Å². The molecular formula is C24H23FN4O3. The molecule has 0 bridgehead atoms. The Morgan fingerprint density at radius 1 is 1.22 bits per heavy atom. The maximum atomic E-state index is 15.3. The van der Waals surface area contributed by atoms with Gasteiger partial charge in [0.15, 0.2) is 17.4 Å². The Labute approximate surface area is 185 Å². The van der Waals surface area contributed by atoms with E-state index < -0.39 is 5.82 Å². The highest BCUT2D eigenvalue weighted by Gasteiger charge is 2.37. The van der Waals surface area contributed by atoms with Crippen LogP contribution in [0.5, 0.6) is 5.75 Å². The fraction of sp³-hybridized carbons (Fsp3) is 0.333. The monoisotopic (exact) mass is 434 g/mol. The van der Waals surface area contributed by atoms with Gasteiger partial charge in [-0.2, -0.15) is 5.26 Å². The van der Waals surface area contributed by atoms with Crippen LogP contribution in [-0.2, 0) is 4.74 Å². The number of fused-ring (bicyclic) bond motifs is 1.